The maximum absolute atomic E-state index is 11.6. The Labute approximate surface area is 105 Å². The highest BCUT2D eigenvalue weighted by molar-refractivity contribution is 6.67. The van der Waals surface area contributed by atoms with Crippen molar-refractivity contribution in [2.75, 3.05) is 6.61 Å². The van der Waals surface area contributed by atoms with Crippen molar-refractivity contribution in [3.8, 4) is 0 Å². The third-order valence-electron chi connectivity index (χ3n) is 2.00. The van der Waals surface area contributed by atoms with Crippen molar-refractivity contribution in [3.05, 3.63) is 17.5 Å². The molecule has 0 saturated carbocycles. The van der Waals surface area contributed by atoms with E-state index in [0.717, 1.165) is 0 Å². The molecule has 94 valence electrons. The molecule has 0 N–H and O–H groups in total. The fourth-order valence-corrected chi connectivity index (χ4v) is 1.46. The number of carbonyl (C=O) groups excluding carboxylic acids is 2. The standard InChI is InChI=1S/C11H15ClN2O3/c1-4-17-11(16)9-5-8(10(12)15)13-14(9)6-7(2)3/h5,7H,4,6H2,1-3H3. The van der Waals surface area contributed by atoms with E-state index in [1.165, 1.54) is 10.7 Å². The number of hydrogen-bond acceptors (Lipinski definition) is 4. The number of hydrogen-bond donors (Lipinski definition) is 0. The topological polar surface area (TPSA) is 61.2 Å². The van der Waals surface area contributed by atoms with E-state index >= 15 is 0 Å². The second-order valence-corrected chi connectivity index (χ2v) is 4.33. The van der Waals surface area contributed by atoms with Crippen LogP contribution in [0.2, 0.25) is 0 Å². The molecular weight excluding hydrogens is 244 g/mol. The van der Waals surface area contributed by atoms with Gasteiger partial charge in [0.15, 0.2) is 0 Å². The fraction of sp³-hybridized carbons (Fsp3) is 0.545. The van der Waals surface area contributed by atoms with Gasteiger partial charge in [-0.2, -0.15) is 5.10 Å². The van der Waals surface area contributed by atoms with Gasteiger partial charge in [-0.1, -0.05) is 13.8 Å². The summed E-state index contributed by atoms with van der Waals surface area (Å²) in [6, 6.07) is 1.36. The van der Waals surface area contributed by atoms with Crippen LogP contribution in [0.4, 0.5) is 0 Å². The lowest BCUT2D eigenvalue weighted by molar-refractivity contribution is 0.0510. The average Bonchev–Trinajstić information content (AvgIpc) is 2.61. The summed E-state index contributed by atoms with van der Waals surface area (Å²) < 4.78 is 6.35. The van der Waals surface area contributed by atoms with Gasteiger partial charge >= 0.3 is 5.97 Å². The SMILES string of the molecule is CCOC(=O)c1cc(C(=O)Cl)nn1CC(C)C. The van der Waals surface area contributed by atoms with Crippen molar-refractivity contribution >= 4 is 22.8 Å². The van der Waals surface area contributed by atoms with Crippen molar-refractivity contribution in [1.29, 1.82) is 0 Å². The minimum Gasteiger partial charge on any atom is -0.461 e. The molecule has 1 aromatic heterocycles. The smallest absolute Gasteiger partial charge is 0.356 e. The first-order valence-electron chi connectivity index (χ1n) is 5.40. The fourth-order valence-electron chi connectivity index (χ4n) is 1.37. The third-order valence-corrected chi connectivity index (χ3v) is 2.20. The molecular formula is C11H15ClN2O3. The molecule has 0 amide bonds. The largest absolute Gasteiger partial charge is 0.461 e. The van der Waals surface area contributed by atoms with Crippen LogP contribution in [0.15, 0.2) is 6.07 Å². The lowest BCUT2D eigenvalue weighted by Gasteiger charge is -2.08. The van der Waals surface area contributed by atoms with Gasteiger partial charge in [0.05, 0.1) is 6.61 Å². The molecule has 0 aliphatic rings. The van der Waals surface area contributed by atoms with Gasteiger partial charge in [-0.15, -0.1) is 0 Å². The molecule has 0 unspecified atom stereocenters. The Bertz CT molecular complexity index is 426. The van der Waals surface area contributed by atoms with Gasteiger partial charge in [-0.25, -0.2) is 4.79 Å². The number of aromatic nitrogens is 2. The van der Waals surface area contributed by atoms with Crippen LogP contribution in [0.1, 0.15) is 41.7 Å². The molecule has 0 bridgehead atoms. The highest BCUT2D eigenvalue weighted by Crippen LogP contribution is 2.11. The van der Waals surface area contributed by atoms with E-state index in [0.29, 0.717) is 12.5 Å². The van der Waals surface area contributed by atoms with Crippen LogP contribution >= 0.6 is 11.6 Å². The summed E-state index contributed by atoms with van der Waals surface area (Å²) in [5.74, 6) is -0.203. The zero-order chi connectivity index (χ0) is 13.0. The van der Waals surface area contributed by atoms with Crippen molar-refractivity contribution in [2.45, 2.75) is 27.3 Å². The number of halogens is 1. The lowest BCUT2D eigenvalue weighted by atomic mass is 10.2. The summed E-state index contributed by atoms with van der Waals surface area (Å²) in [6.45, 7) is 6.49. The van der Waals surface area contributed by atoms with Gasteiger partial charge in [-0.3, -0.25) is 9.48 Å². The van der Waals surface area contributed by atoms with E-state index in [-0.39, 0.29) is 18.0 Å². The van der Waals surface area contributed by atoms with Crippen molar-refractivity contribution in [3.63, 3.8) is 0 Å². The Morgan fingerprint density at radius 1 is 1.53 bits per heavy atom. The molecule has 0 saturated heterocycles. The molecule has 0 atom stereocenters. The first kappa shape index (κ1) is 13.7. The summed E-state index contributed by atoms with van der Waals surface area (Å²) in [5.41, 5.74) is 0.319. The summed E-state index contributed by atoms with van der Waals surface area (Å²) in [6.07, 6.45) is 0. The molecule has 6 heteroatoms. The summed E-state index contributed by atoms with van der Waals surface area (Å²) in [5, 5.41) is 3.31. The van der Waals surface area contributed by atoms with Gasteiger partial charge in [0, 0.05) is 12.6 Å². The van der Waals surface area contributed by atoms with E-state index in [4.69, 9.17) is 16.3 Å². The van der Waals surface area contributed by atoms with E-state index in [1.807, 2.05) is 13.8 Å². The number of rotatable bonds is 5. The Balaban J connectivity index is 3.07. The second-order valence-electron chi connectivity index (χ2n) is 3.98. The predicted octanol–water partition coefficient (Wildman–Crippen LogP) is 2.09. The monoisotopic (exact) mass is 258 g/mol. The van der Waals surface area contributed by atoms with E-state index in [2.05, 4.69) is 5.10 Å². The number of nitrogens with zero attached hydrogens (tertiary/aromatic N) is 2. The Morgan fingerprint density at radius 3 is 2.65 bits per heavy atom. The van der Waals surface area contributed by atoms with Crippen molar-refractivity contribution < 1.29 is 14.3 Å². The van der Waals surface area contributed by atoms with Gasteiger partial charge < -0.3 is 4.74 Å². The number of ether oxygens (including phenoxy) is 1. The second kappa shape index (κ2) is 5.82. The minimum atomic E-state index is -0.682. The van der Waals surface area contributed by atoms with E-state index in [9.17, 15) is 9.59 Å². The van der Waals surface area contributed by atoms with Crippen LogP contribution in [0.25, 0.3) is 0 Å². The maximum atomic E-state index is 11.6. The molecule has 1 aromatic rings. The summed E-state index contributed by atoms with van der Waals surface area (Å²) in [4.78, 5) is 22.7. The predicted molar refractivity (Wildman–Crippen MR) is 63.2 cm³/mol. The highest BCUT2D eigenvalue weighted by Gasteiger charge is 2.19. The molecule has 5 nitrogen and oxygen atoms in total. The highest BCUT2D eigenvalue weighted by atomic mass is 35.5. The first-order chi connectivity index (χ1) is 7.95. The Kier molecular flexibility index (Phi) is 4.69. The maximum Gasteiger partial charge on any atom is 0.356 e. The van der Waals surface area contributed by atoms with Crippen molar-refractivity contribution in [1.82, 2.24) is 9.78 Å². The molecule has 0 radical (unpaired) electrons. The van der Waals surface area contributed by atoms with Gasteiger partial charge in [-0.05, 0) is 24.4 Å². The molecule has 17 heavy (non-hydrogen) atoms. The van der Waals surface area contributed by atoms with Crippen LogP contribution in [-0.4, -0.2) is 27.6 Å². The molecule has 1 heterocycles. The van der Waals surface area contributed by atoms with Gasteiger partial charge in [0.25, 0.3) is 5.24 Å². The quantitative estimate of drug-likeness (QED) is 0.599. The van der Waals surface area contributed by atoms with Gasteiger partial charge in [0.2, 0.25) is 0 Å². The molecule has 0 aliphatic carbocycles. The molecule has 0 aliphatic heterocycles. The van der Waals surface area contributed by atoms with E-state index in [1.54, 1.807) is 6.92 Å². The molecule has 1 rings (SSSR count). The zero-order valence-corrected chi connectivity index (χ0v) is 10.8. The Morgan fingerprint density at radius 2 is 2.18 bits per heavy atom. The van der Waals surface area contributed by atoms with Crippen LogP contribution in [0.5, 0.6) is 0 Å². The Hall–Kier alpha value is -1.36. The van der Waals surface area contributed by atoms with E-state index < -0.39 is 11.2 Å². The lowest BCUT2D eigenvalue weighted by Crippen LogP contribution is -2.15. The number of esters is 1. The zero-order valence-electron chi connectivity index (χ0n) is 10.1. The number of carbonyl (C=O) groups is 2. The van der Waals surface area contributed by atoms with Crippen LogP contribution in [0.3, 0.4) is 0 Å². The van der Waals surface area contributed by atoms with Gasteiger partial charge in [0.1, 0.15) is 11.4 Å². The summed E-state index contributed by atoms with van der Waals surface area (Å²) >= 11 is 5.34. The average molecular weight is 259 g/mol. The van der Waals surface area contributed by atoms with Crippen LogP contribution in [0, 0.1) is 5.92 Å². The third kappa shape index (κ3) is 3.56. The molecule has 0 fully saturated rings. The van der Waals surface area contributed by atoms with Crippen LogP contribution in [-0.2, 0) is 11.3 Å². The normalized spacial score (nSPS) is 10.6. The summed E-state index contributed by atoms with van der Waals surface area (Å²) in [7, 11) is 0. The first-order valence-corrected chi connectivity index (χ1v) is 5.78. The van der Waals surface area contributed by atoms with Crippen LogP contribution < -0.4 is 0 Å². The minimum absolute atomic E-state index is 0.0652. The molecule has 0 aromatic carbocycles. The van der Waals surface area contributed by atoms with Crippen molar-refractivity contribution in [2.24, 2.45) is 5.92 Å². The molecule has 0 spiro atoms.